The van der Waals surface area contributed by atoms with Gasteiger partial charge in [0.25, 0.3) is 11.1 Å². The van der Waals surface area contributed by atoms with Crippen LogP contribution in [-0.2, 0) is 9.53 Å². The summed E-state index contributed by atoms with van der Waals surface area (Å²) in [6, 6.07) is 0. The number of ether oxygens (including phenoxy) is 1. The zero-order valence-electron chi connectivity index (χ0n) is 12.5. The second kappa shape index (κ2) is 7.26. The maximum absolute atomic E-state index is 12.3. The fourth-order valence-electron chi connectivity index (χ4n) is 2.17. The average Bonchev–Trinajstić information content (AvgIpc) is 3.02. The van der Waals surface area contributed by atoms with Crippen LogP contribution in [0, 0.1) is 0 Å². The predicted octanol–water partition coefficient (Wildman–Crippen LogP) is 2.86. The number of carbonyl (C=O) groups is 2. The summed E-state index contributed by atoms with van der Waals surface area (Å²) in [5.41, 5.74) is 0. The Morgan fingerprint density at radius 1 is 1.29 bits per heavy atom. The van der Waals surface area contributed by atoms with Gasteiger partial charge in [-0.25, -0.2) is 0 Å². The molecule has 0 spiro atoms. The molecule has 0 saturated carbocycles. The highest BCUT2D eigenvalue weighted by Crippen LogP contribution is 2.36. The van der Waals surface area contributed by atoms with Crippen LogP contribution in [0.25, 0.3) is 0 Å². The Hall–Kier alpha value is -1.08. The molecule has 0 radical (unpaired) electrons. The first kappa shape index (κ1) is 16.3. The molecule has 0 atom stereocenters. The lowest BCUT2D eigenvalue weighted by atomic mass is 10.3. The minimum Gasteiger partial charge on any atom is -0.492 e. The quantitative estimate of drug-likeness (QED) is 0.571. The van der Waals surface area contributed by atoms with Gasteiger partial charge in [0.05, 0.1) is 11.6 Å². The zero-order chi connectivity index (χ0) is 15.4. The minimum atomic E-state index is -0.251. The van der Waals surface area contributed by atoms with Crippen LogP contribution in [0.3, 0.4) is 0 Å². The van der Waals surface area contributed by atoms with Gasteiger partial charge < -0.3 is 9.64 Å². The van der Waals surface area contributed by atoms with Crippen molar-refractivity contribution in [2.24, 2.45) is 0 Å². The molecule has 2 heterocycles. The fourth-order valence-corrected chi connectivity index (χ4v) is 4.20. The van der Waals surface area contributed by atoms with Gasteiger partial charge in [0.2, 0.25) is 0 Å². The van der Waals surface area contributed by atoms with Crippen molar-refractivity contribution in [3.63, 3.8) is 0 Å². The highest BCUT2D eigenvalue weighted by Gasteiger charge is 2.36. The molecular formula is C14H20N2O3S2. The van der Waals surface area contributed by atoms with Gasteiger partial charge in [0.15, 0.2) is 0 Å². The van der Waals surface area contributed by atoms with E-state index in [4.69, 9.17) is 4.74 Å². The molecule has 7 heteroatoms. The lowest BCUT2D eigenvalue weighted by Crippen LogP contribution is -2.27. The number of rotatable bonds is 5. The van der Waals surface area contributed by atoms with Crippen LogP contribution in [0.1, 0.15) is 20.8 Å². The van der Waals surface area contributed by atoms with E-state index in [-0.39, 0.29) is 11.1 Å². The smallest absolute Gasteiger partial charge is 0.293 e. The fraction of sp³-hybridized carbons (Fsp3) is 0.571. The molecule has 5 nitrogen and oxygen atoms in total. The van der Waals surface area contributed by atoms with Crippen molar-refractivity contribution in [2.75, 3.05) is 32.0 Å². The van der Waals surface area contributed by atoms with Crippen molar-refractivity contribution in [3.8, 4) is 0 Å². The Bertz CT molecular complexity index is 502. The standard InChI is InChI=1S/C14H20N2O3S2/c1-4-15-7-8-20-11(15)9-10(19-6-3)12-13(17)16(5-2)14(18)21-12/h9H,4-8H2,1-3H3. The Balaban J connectivity index is 2.35. The second-order valence-corrected chi connectivity index (χ2v) is 6.53. The van der Waals surface area contributed by atoms with Crippen LogP contribution in [0.15, 0.2) is 21.8 Å². The number of hydrogen-bond donors (Lipinski definition) is 0. The Morgan fingerprint density at radius 2 is 2.05 bits per heavy atom. The lowest BCUT2D eigenvalue weighted by Gasteiger charge is -2.17. The molecule has 0 N–H and O–H groups in total. The van der Waals surface area contributed by atoms with E-state index in [1.54, 1.807) is 18.7 Å². The van der Waals surface area contributed by atoms with E-state index in [0.29, 0.717) is 23.8 Å². The van der Waals surface area contributed by atoms with Gasteiger partial charge in [-0.15, -0.1) is 11.8 Å². The first-order valence-electron chi connectivity index (χ1n) is 7.12. The normalized spacial score (nSPS) is 23.5. The van der Waals surface area contributed by atoms with Crippen molar-refractivity contribution in [1.29, 1.82) is 0 Å². The van der Waals surface area contributed by atoms with Gasteiger partial charge >= 0.3 is 0 Å². The molecule has 0 bridgehead atoms. The van der Waals surface area contributed by atoms with E-state index >= 15 is 0 Å². The van der Waals surface area contributed by atoms with Gasteiger partial charge in [-0.1, -0.05) is 0 Å². The number of allylic oxidation sites excluding steroid dienone is 1. The summed E-state index contributed by atoms with van der Waals surface area (Å²) in [4.78, 5) is 28.0. The number of amides is 2. The van der Waals surface area contributed by atoms with Crippen LogP contribution in [0.2, 0.25) is 0 Å². The van der Waals surface area contributed by atoms with Gasteiger partial charge in [0.1, 0.15) is 10.7 Å². The van der Waals surface area contributed by atoms with Crippen LogP contribution in [-0.4, -0.2) is 52.9 Å². The first-order valence-corrected chi connectivity index (χ1v) is 8.92. The molecule has 2 fully saturated rings. The van der Waals surface area contributed by atoms with Gasteiger partial charge in [-0.3, -0.25) is 14.5 Å². The number of nitrogens with zero attached hydrogens (tertiary/aromatic N) is 2. The average molecular weight is 328 g/mol. The monoisotopic (exact) mass is 328 g/mol. The Labute approximate surface area is 133 Å². The molecular weight excluding hydrogens is 308 g/mol. The summed E-state index contributed by atoms with van der Waals surface area (Å²) < 4.78 is 5.63. The van der Waals surface area contributed by atoms with Crippen LogP contribution in [0.4, 0.5) is 4.79 Å². The number of imide groups is 1. The van der Waals surface area contributed by atoms with E-state index in [0.717, 1.165) is 35.6 Å². The molecule has 0 aromatic carbocycles. The zero-order valence-corrected chi connectivity index (χ0v) is 14.2. The van der Waals surface area contributed by atoms with E-state index in [9.17, 15) is 9.59 Å². The molecule has 2 aliphatic rings. The maximum Gasteiger partial charge on any atom is 0.293 e. The molecule has 116 valence electrons. The highest BCUT2D eigenvalue weighted by atomic mass is 32.2. The van der Waals surface area contributed by atoms with Crippen LogP contribution < -0.4 is 0 Å². The second-order valence-electron chi connectivity index (χ2n) is 4.45. The highest BCUT2D eigenvalue weighted by molar-refractivity contribution is 8.18. The third-order valence-corrected chi connectivity index (χ3v) is 5.28. The summed E-state index contributed by atoms with van der Waals surface area (Å²) in [6.07, 6.45) is 1.90. The van der Waals surface area contributed by atoms with Gasteiger partial charge in [-0.2, -0.15) is 0 Å². The van der Waals surface area contributed by atoms with E-state index in [1.807, 2.05) is 13.0 Å². The number of carbonyl (C=O) groups excluding carboxylic acids is 2. The van der Waals surface area contributed by atoms with Gasteiger partial charge in [-0.05, 0) is 32.5 Å². The summed E-state index contributed by atoms with van der Waals surface area (Å²) >= 11 is 2.72. The number of thioether (sulfide) groups is 2. The summed E-state index contributed by atoms with van der Waals surface area (Å²) in [7, 11) is 0. The van der Waals surface area contributed by atoms with Crippen molar-refractivity contribution in [2.45, 2.75) is 20.8 Å². The van der Waals surface area contributed by atoms with Crippen molar-refractivity contribution >= 4 is 34.7 Å². The van der Waals surface area contributed by atoms with E-state index < -0.39 is 0 Å². The molecule has 0 aromatic rings. The molecule has 2 aliphatic heterocycles. The molecule has 0 aromatic heterocycles. The van der Waals surface area contributed by atoms with E-state index in [2.05, 4.69) is 11.8 Å². The van der Waals surface area contributed by atoms with Crippen molar-refractivity contribution in [1.82, 2.24) is 9.80 Å². The lowest BCUT2D eigenvalue weighted by molar-refractivity contribution is -0.122. The Kier molecular flexibility index (Phi) is 5.64. The molecule has 2 amide bonds. The van der Waals surface area contributed by atoms with Gasteiger partial charge in [0, 0.05) is 31.5 Å². The third-order valence-electron chi connectivity index (χ3n) is 3.25. The number of hydrogen-bond acceptors (Lipinski definition) is 6. The summed E-state index contributed by atoms with van der Waals surface area (Å²) in [5, 5.41) is 0.878. The largest absolute Gasteiger partial charge is 0.492 e. The SMILES string of the molecule is CCOC(C=C1SCCN1CC)=C1SC(=O)N(CC)C1=O. The first-order chi connectivity index (χ1) is 10.1. The van der Waals surface area contributed by atoms with Crippen molar-refractivity contribution < 1.29 is 14.3 Å². The predicted molar refractivity (Wildman–Crippen MR) is 86.8 cm³/mol. The molecule has 2 rings (SSSR count). The number of likely N-dealkylation sites (N-methyl/N-ethyl adjacent to an activating group) is 1. The molecule has 21 heavy (non-hydrogen) atoms. The van der Waals surface area contributed by atoms with Crippen LogP contribution >= 0.6 is 23.5 Å². The maximum atomic E-state index is 12.3. The topological polar surface area (TPSA) is 49.9 Å². The molecule has 2 saturated heterocycles. The Morgan fingerprint density at radius 3 is 2.62 bits per heavy atom. The molecule has 0 unspecified atom stereocenters. The third kappa shape index (κ3) is 3.40. The molecule has 0 aliphatic carbocycles. The summed E-state index contributed by atoms with van der Waals surface area (Å²) in [5.74, 6) is 1.30. The van der Waals surface area contributed by atoms with Crippen molar-refractivity contribution in [3.05, 3.63) is 21.8 Å². The van der Waals surface area contributed by atoms with E-state index in [1.165, 1.54) is 4.90 Å². The minimum absolute atomic E-state index is 0.223. The van der Waals surface area contributed by atoms with Crippen LogP contribution in [0.5, 0.6) is 0 Å². The summed E-state index contributed by atoms with van der Waals surface area (Å²) in [6.45, 7) is 8.56.